The zero-order valence-corrected chi connectivity index (χ0v) is 38.5. The molecule has 0 saturated heterocycles. The maximum Gasteiger partial charge on any atom is 0.0709 e. The van der Waals surface area contributed by atoms with Crippen LogP contribution in [-0.4, -0.2) is 0 Å². The van der Waals surface area contributed by atoms with E-state index in [9.17, 15) is 0 Å². The maximum atomic E-state index is 2.44. The van der Waals surface area contributed by atoms with Gasteiger partial charge < -0.3 is 9.80 Å². The van der Waals surface area contributed by atoms with Gasteiger partial charge in [0, 0.05) is 22.7 Å². The third kappa shape index (κ3) is 9.12. The number of hydrogen-bond acceptors (Lipinski definition) is 2. The summed E-state index contributed by atoms with van der Waals surface area (Å²) in [5, 5.41) is 0. The molecule has 0 heterocycles. The SMILES string of the molecule is Cc1ccc(-c2cc(N(c3ccc(-c4ccccc4)cc3)c3ccc(-c4ccccc4)cc3)c(N(c3ccc(-c4ccccc4)cc3)c3ccc(-c4ccccc4)cc3)cc2-c2ccccc2)cc1. The highest BCUT2D eigenvalue weighted by atomic mass is 15.2. The van der Waals surface area contributed by atoms with Gasteiger partial charge >= 0.3 is 0 Å². The lowest BCUT2D eigenvalue weighted by Gasteiger charge is -2.35. The second-order valence-corrected chi connectivity index (χ2v) is 17.4. The van der Waals surface area contributed by atoms with Crippen molar-refractivity contribution in [1.82, 2.24) is 0 Å². The van der Waals surface area contributed by atoms with Gasteiger partial charge in [0.15, 0.2) is 0 Å². The molecule has 2 heteroatoms. The largest absolute Gasteiger partial charge is 0.308 e. The Balaban J connectivity index is 1.19. The minimum Gasteiger partial charge on any atom is -0.308 e. The van der Waals surface area contributed by atoms with Gasteiger partial charge in [-0.15, -0.1) is 0 Å². The van der Waals surface area contributed by atoms with E-state index in [1.807, 2.05) is 0 Å². The van der Waals surface area contributed by atoms with E-state index in [0.717, 1.165) is 78.6 Å². The van der Waals surface area contributed by atoms with Gasteiger partial charge in [0.05, 0.1) is 11.4 Å². The van der Waals surface area contributed by atoms with Gasteiger partial charge in [0.2, 0.25) is 0 Å². The molecule has 0 saturated carbocycles. The molecule has 0 unspecified atom stereocenters. The molecule has 11 aromatic carbocycles. The third-order valence-electron chi connectivity index (χ3n) is 13.0. The van der Waals surface area contributed by atoms with E-state index in [1.165, 1.54) is 27.8 Å². The molecule has 0 N–H and O–H groups in total. The van der Waals surface area contributed by atoms with E-state index in [-0.39, 0.29) is 0 Å². The Hall–Kier alpha value is -8.98. The smallest absolute Gasteiger partial charge is 0.0709 e. The Labute approximate surface area is 406 Å². The Bertz CT molecular complexity index is 3240. The summed E-state index contributed by atoms with van der Waals surface area (Å²) < 4.78 is 0. The van der Waals surface area contributed by atoms with Crippen molar-refractivity contribution in [2.45, 2.75) is 6.92 Å². The lowest BCUT2D eigenvalue weighted by atomic mass is 9.91. The van der Waals surface area contributed by atoms with E-state index >= 15 is 0 Å². The van der Waals surface area contributed by atoms with Crippen LogP contribution in [-0.2, 0) is 0 Å². The summed E-state index contributed by atoms with van der Waals surface area (Å²) >= 11 is 0. The van der Waals surface area contributed by atoms with Crippen LogP contribution in [0.25, 0.3) is 66.8 Å². The highest BCUT2D eigenvalue weighted by molar-refractivity contribution is 5.99. The molecule has 0 radical (unpaired) electrons. The van der Waals surface area contributed by atoms with Crippen LogP contribution in [0.1, 0.15) is 5.56 Å². The topological polar surface area (TPSA) is 6.48 Å². The van der Waals surface area contributed by atoms with Crippen LogP contribution in [0.4, 0.5) is 34.1 Å². The Kier molecular flexibility index (Phi) is 12.0. The molecule has 0 bridgehead atoms. The maximum absolute atomic E-state index is 2.44. The van der Waals surface area contributed by atoms with Gasteiger partial charge in [-0.25, -0.2) is 0 Å². The van der Waals surface area contributed by atoms with Crippen LogP contribution in [0.3, 0.4) is 0 Å². The van der Waals surface area contributed by atoms with E-state index in [1.54, 1.807) is 0 Å². The highest BCUT2D eigenvalue weighted by Crippen LogP contribution is 2.51. The molecular weight excluding hydrogens is 833 g/mol. The van der Waals surface area contributed by atoms with E-state index in [0.29, 0.717) is 0 Å². The van der Waals surface area contributed by atoms with Crippen LogP contribution in [0.15, 0.2) is 285 Å². The average molecular weight is 883 g/mol. The van der Waals surface area contributed by atoms with Gasteiger partial charge in [-0.2, -0.15) is 0 Å². The molecule has 11 aromatic rings. The molecule has 69 heavy (non-hydrogen) atoms. The first kappa shape index (κ1) is 42.6. The predicted molar refractivity (Wildman–Crippen MR) is 293 cm³/mol. The molecule has 0 fully saturated rings. The van der Waals surface area contributed by atoms with Gasteiger partial charge in [-0.05, 0) is 134 Å². The zero-order chi connectivity index (χ0) is 46.4. The number of anilines is 6. The summed E-state index contributed by atoms with van der Waals surface area (Å²) in [6, 6.07) is 103. The molecule has 0 amide bonds. The predicted octanol–water partition coefficient (Wildman–Crippen LogP) is 18.9. The van der Waals surface area contributed by atoms with E-state index in [4.69, 9.17) is 0 Å². The molecule has 0 aliphatic heterocycles. The summed E-state index contributed by atoms with van der Waals surface area (Å²) in [5.74, 6) is 0. The van der Waals surface area contributed by atoms with Crippen LogP contribution < -0.4 is 9.80 Å². The average Bonchev–Trinajstić information content (AvgIpc) is 3.43. The van der Waals surface area contributed by atoms with E-state index in [2.05, 4.69) is 302 Å². The third-order valence-corrected chi connectivity index (χ3v) is 13.0. The molecule has 2 nitrogen and oxygen atoms in total. The van der Waals surface area contributed by atoms with Gasteiger partial charge in [0.25, 0.3) is 0 Å². The van der Waals surface area contributed by atoms with Crippen molar-refractivity contribution in [3.05, 3.63) is 291 Å². The summed E-state index contributed by atoms with van der Waals surface area (Å²) in [7, 11) is 0. The number of hydrogen-bond donors (Lipinski definition) is 0. The van der Waals surface area contributed by atoms with Crippen LogP contribution in [0.5, 0.6) is 0 Å². The van der Waals surface area contributed by atoms with Crippen molar-refractivity contribution >= 4 is 34.1 Å². The fraction of sp³-hybridized carbons (Fsp3) is 0.0149. The van der Waals surface area contributed by atoms with Gasteiger partial charge in [-0.1, -0.05) is 230 Å². The number of benzene rings is 11. The minimum absolute atomic E-state index is 1.03. The lowest BCUT2D eigenvalue weighted by molar-refractivity contribution is 1.23. The summed E-state index contributed by atoms with van der Waals surface area (Å²) in [5.41, 5.74) is 21.4. The van der Waals surface area contributed by atoms with Crippen molar-refractivity contribution in [3.8, 4) is 66.8 Å². The van der Waals surface area contributed by atoms with Crippen LogP contribution in [0, 0.1) is 6.92 Å². The van der Waals surface area contributed by atoms with E-state index < -0.39 is 0 Å². The molecule has 0 atom stereocenters. The second-order valence-electron chi connectivity index (χ2n) is 17.4. The fourth-order valence-electron chi connectivity index (χ4n) is 9.35. The van der Waals surface area contributed by atoms with Crippen molar-refractivity contribution < 1.29 is 0 Å². The van der Waals surface area contributed by atoms with Crippen molar-refractivity contribution in [2.75, 3.05) is 9.80 Å². The molecule has 0 aliphatic rings. The molecule has 0 spiro atoms. The first-order valence-corrected chi connectivity index (χ1v) is 23.7. The number of aryl methyl sites for hydroxylation is 1. The second kappa shape index (κ2) is 19.5. The number of rotatable bonds is 12. The summed E-state index contributed by atoms with van der Waals surface area (Å²) in [6.07, 6.45) is 0. The minimum atomic E-state index is 1.03. The monoisotopic (exact) mass is 882 g/mol. The Morgan fingerprint density at radius 3 is 0.667 bits per heavy atom. The number of nitrogens with zero attached hydrogens (tertiary/aromatic N) is 2. The van der Waals surface area contributed by atoms with Crippen molar-refractivity contribution in [1.29, 1.82) is 0 Å². The Morgan fingerprint density at radius 2 is 0.406 bits per heavy atom. The van der Waals surface area contributed by atoms with Gasteiger partial charge in [0.1, 0.15) is 0 Å². The molecule has 11 rings (SSSR count). The molecule has 0 aromatic heterocycles. The molecular formula is C67H50N2. The summed E-state index contributed by atoms with van der Waals surface area (Å²) in [4.78, 5) is 4.88. The lowest BCUT2D eigenvalue weighted by Crippen LogP contribution is -2.17. The van der Waals surface area contributed by atoms with Gasteiger partial charge in [-0.3, -0.25) is 0 Å². The first-order valence-electron chi connectivity index (χ1n) is 23.7. The van der Waals surface area contributed by atoms with Crippen LogP contribution >= 0.6 is 0 Å². The van der Waals surface area contributed by atoms with Crippen molar-refractivity contribution in [2.24, 2.45) is 0 Å². The first-order chi connectivity index (χ1) is 34.1. The normalized spacial score (nSPS) is 11.0. The zero-order valence-electron chi connectivity index (χ0n) is 38.5. The summed E-state index contributed by atoms with van der Waals surface area (Å²) in [6.45, 7) is 2.15. The molecule has 328 valence electrons. The Morgan fingerprint density at radius 1 is 0.203 bits per heavy atom. The standard InChI is InChI=1S/C67H50N2/c1-49-27-29-59(30-28-49)65-48-67(69(62-43-35-56(36-44-62)52-21-11-4-12-22-52)63-45-37-57(38-46-63)53-23-13-5-14-24-53)66(47-64(65)58-25-15-6-16-26-58)68(60-39-31-54(32-40-60)50-17-7-2-8-18-50)61-41-33-55(34-42-61)51-19-9-3-10-20-51/h2-48H,1H3. The van der Waals surface area contributed by atoms with Crippen LogP contribution in [0.2, 0.25) is 0 Å². The highest BCUT2D eigenvalue weighted by Gasteiger charge is 2.26. The fourth-order valence-corrected chi connectivity index (χ4v) is 9.35. The van der Waals surface area contributed by atoms with Crippen molar-refractivity contribution in [3.63, 3.8) is 0 Å². The molecule has 0 aliphatic carbocycles. The quantitative estimate of drug-likeness (QED) is 0.121.